The van der Waals surface area contributed by atoms with E-state index in [9.17, 15) is 14.4 Å². The Balaban J connectivity index is 2.56. The van der Waals surface area contributed by atoms with E-state index in [0.717, 1.165) is 0 Å². The van der Waals surface area contributed by atoms with Crippen LogP contribution >= 0.6 is 0 Å². The molecular formula is C11H18N2O4. The first-order valence-electron chi connectivity index (χ1n) is 5.61. The maximum absolute atomic E-state index is 12.0. The van der Waals surface area contributed by atoms with Crippen LogP contribution in [0.15, 0.2) is 0 Å². The lowest BCUT2D eigenvalue weighted by Gasteiger charge is -2.39. The molecule has 0 spiro atoms. The van der Waals surface area contributed by atoms with E-state index in [1.165, 1.54) is 11.8 Å². The van der Waals surface area contributed by atoms with Gasteiger partial charge >= 0.3 is 5.97 Å². The fourth-order valence-corrected chi connectivity index (χ4v) is 1.74. The highest BCUT2D eigenvalue weighted by molar-refractivity contribution is 5.88. The lowest BCUT2D eigenvalue weighted by molar-refractivity contribution is -0.154. The predicted octanol–water partition coefficient (Wildman–Crippen LogP) is -0.310. The minimum Gasteiger partial charge on any atom is -0.481 e. The van der Waals surface area contributed by atoms with Crippen LogP contribution < -0.4 is 5.32 Å². The van der Waals surface area contributed by atoms with E-state index in [1.807, 2.05) is 13.8 Å². The Hall–Kier alpha value is -1.59. The van der Waals surface area contributed by atoms with Gasteiger partial charge in [-0.05, 0) is 5.92 Å². The third kappa shape index (κ3) is 3.18. The van der Waals surface area contributed by atoms with Crippen molar-refractivity contribution in [3.63, 3.8) is 0 Å². The lowest BCUT2D eigenvalue weighted by Crippen LogP contribution is -2.59. The van der Waals surface area contributed by atoms with Crippen molar-refractivity contribution in [3.05, 3.63) is 0 Å². The number of carbonyl (C=O) groups is 3. The summed E-state index contributed by atoms with van der Waals surface area (Å²) in [5, 5.41) is 11.3. The van der Waals surface area contributed by atoms with Crippen LogP contribution in [0.5, 0.6) is 0 Å². The van der Waals surface area contributed by atoms with Gasteiger partial charge < -0.3 is 15.3 Å². The summed E-state index contributed by atoms with van der Waals surface area (Å²) in [7, 11) is 0. The average Bonchev–Trinajstić information content (AvgIpc) is 2.09. The standard InChI is InChI=1S/C11H18N2O4/c1-6(2)9(12-7(3)14)10(15)13-4-8(5-13)11(16)17/h6,8-9H,4-5H2,1-3H3,(H,12,14)(H,16,17). The summed E-state index contributed by atoms with van der Waals surface area (Å²) >= 11 is 0. The molecule has 17 heavy (non-hydrogen) atoms. The topological polar surface area (TPSA) is 86.7 Å². The van der Waals surface area contributed by atoms with Crippen molar-refractivity contribution < 1.29 is 19.5 Å². The first-order chi connectivity index (χ1) is 7.82. The van der Waals surface area contributed by atoms with Crippen LogP contribution in [0, 0.1) is 11.8 Å². The van der Waals surface area contributed by atoms with Crippen molar-refractivity contribution in [1.29, 1.82) is 0 Å². The lowest BCUT2D eigenvalue weighted by atomic mass is 9.96. The van der Waals surface area contributed by atoms with E-state index >= 15 is 0 Å². The SMILES string of the molecule is CC(=O)NC(C(=O)N1CC(C(=O)O)C1)C(C)C. The molecular weight excluding hydrogens is 224 g/mol. The second kappa shape index (κ2) is 5.16. The summed E-state index contributed by atoms with van der Waals surface area (Å²) < 4.78 is 0. The second-order valence-corrected chi connectivity index (χ2v) is 4.70. The summed E-state index contributed by atoms with van der Waals surface area (Å²) in [6, 6.07) is -0.567. The Kier molecular flexibility index (Phi) is 4.09. The van der Waals surface area contributed by atoms with Crippen molar-refractivity contribution in [3.8, 4) is 0 Å². The van der Waals surface area contributed by atoms with Crippen molar-refractivity contribution in [1.82, 2.24) is 10.2 Å². The molecule has 6 nitrogen and oxygen atoms in total. The normalized spacial score (nSPS) is 17.5. The van der Waals surface area contributed by atoms with Gasteiger partial charge in [0.25, 0.3) is 0 Å². The number of carboxylic acids is 1. The number of hydrogen-bond acceptors (Lipinski definition) is 3. The zero-order valence-electron chi connectivity index (χ0n) is 10.3. The van der Waals surface area contributed by atoms with E-state index in [0.29, 0.717) is 0 Å². The summed E-state index contributed by atoms with van der Waals surface area (Å²) in [5.74, 6) is -1.82. The van der Waals surface area contributed by atoms with Crippen LogP contribution in [0.4, 0.5) is 0 Å². The Morgan fingerprint density at radius 1 is 1.29 bits per heavy atom. The molecule has 0 aliphatic carbocycles. The molecule has 1 atom stereocenters. The largest absolute Gasteiger partial charge is 0.481 e. The van der Waals surface area contributed by atoms with Crippen molar-refractivity contribution in [2.75, 3.05) is 13.1 Å². The second-order valence-electron chi connectivity index (χ2n) is 4.70. The summed E-state index contributed by atoms with van der Waals surface area (Å²) in [6.45, 7) is 5.51. The third-order valence-corrected chi connectivity index (χ3v) is 2.83. The first-order valence-corrected chi connectivity index (χ1v) is 5.61. The van der Waals surface area contributed by atoms with Crippen LogP contribution in [-0.4, -0.2) is 46.9 Å². The van der Waals surface area contributed by atoms with Crippen LogP contribution in [-0.2, 0) is 14.4 Å². The number of nitrogens with one attached hydrogen (secondary N) is 1. The molecule has 0 aromatic heterocycles. The zero-order valence-corrected chi connectivity index (χ0v) is 10.3. The maximum atomic E-state index is 12.0. The Labute approximate surface area is 100.0 Å². The average molecular weight is 242 g/mol. The molecule has 1 fully saturated rings. The van der Waals surface area contributed by atoms with Crippen molar-refractivity contribution in [2.24, 2.45) is 11.8 Å². The maximum Gasteiger partial charge on any atom is 0.310 e. The molecule has 0 radical (unpaired) electrons. The van der Waals surface area contributed by atoms with Crippen LogP contribution in [0.2, 0.25) is 0 Å². The number of aliphatic carboxylic acids is 1. The fourth-order valence-electron chi connectivity index (χ4n) is 1.74. The Morgan fingerprint density at radius 2 is 1.82 bits per heavy atom. The predicted molar refractivity (Wildman–Crippen MR) is 60.1 cm³/mol. The van der Waals surface area contributed by atoms with E-state index < -0.39 is 17.9 Å². The van der Waals surface area contributed by atoms with Gasteiger partial charge in [0, 0.05) is 20.0 Å². The van der Waals surface area contributed by atoms with Gasteiger partial charge in [-0.2, -0.15) is 0 Å². The molecule has 2 amide bonds. The molecule has 2 N–H and O–H groups in total. The molecule has 6 heteroatoms. The molecule has 0 aromatic rings. The molecule has 1 aliphatic rings. The fraction of sp³-hybridized carbons (Fsp3) is 0.727. The van der Waals surface area contributed by atoms with Gasteiger partial charge in [0.1, 0.15) is 6.04 Å². The summed E-state index contributed by atoms with van der Waals surface area (Å²) in [6.07, 6.45) is 0. The van der Waals surface area contributed by atoms with E-state index in [2.05, 4.69) is 5.32 Å². The molecule has 1 heterocycles. The molecule has 96 valence electrons. The minimum absolute atomic E-state index is 0.0183. The number of amides is 2. The zero-order chi connectivity index (χ0) is 13.2. The molecule has 0 saturated carbocycles. The number of hydrogen-bond donors (Lipinski definition) is 2. The molecule has 1 unspecified atom stereocenters. The molecule has 1 saturated heterocycles. The van der Waals surface area contributed by atoms with Gasteiger partial charge in [-0.1, -0.05) is 13.8 Å². The third-order valence-electron chi connectivity index (χ3n) is 2.83. The molecule has 0 aromatic carbocycles. The molecule has 1 aliphatic heterocycles. The van der Waals surface area contributed by atoms with E-state index in [-0.39, 0.29) is 30.8 Å². The Bertz CT molecular complexity index is 334. The highest BCUT2D eigenvalue weighted by atomic mass is 16.4. The van der Waals surface area contributed by atoms with Crippen LogP contribution in [0.3, 0.4) is 0 Å². The van der Waals surface area contributed by atoms with Gasteiger partial charge in [0.15, 0.2) is 0 Å². The van der Waals surface area contributed by atoms with Crippen LogP contribution in [0.1, 0.15) is 20.8 Å². The first kappa shape index (κ1) is 13.5. The monoisotopic (exact) mass is 242 g/mol. The van der Waals surface area contributed by atoms with Crippen LogP contribution in [0.25, 0.3) is 0 Å². The van der Waals surface area contributed by atoms with Gasteiger partial charge in [0.2, 0.25) is 11.8 Å². The number of likely N-dealkylation sites (tertiary alicyclic amines) is 1. The Morgan fingerprint density at radius 3 is 2.18 bits per heavy atom. The number of nitrogens with zero attached hydrogens (tertiary/aromatic N) is 1. The minimum atomic E-state index is -0.880. The summed E-state index contributed by atoms with van der Waals surface area (Å²) in [4.78, 5) is 35.1. The van der Waals surface area contributed by atoms with E-state index in [1.54, 1.807) is 0 Å². The quantitative estimate of drug-likeness (QED) is 0.708. The van der Waals surface area contributed by atoms with Crippen molar-refractivity contribution >= 4 is 17.8 Å². The van der Waals surface area contributed by atoms with Gasteiger partial charge in [0.05, 0.1) is 5.92 Å². The van der Waals surface area contributed by atoms with E-state index in [4.69, 9.17) is 5.11 Å². The number of carbonyl (C=O) groups excluding carboxylic acids is 2. The molecule has 0 bridgehead atoms. The highest BCUT2D eigenvalue weighted by Crippen LogP contribution is 2.18. The van der Waals surface area contributed by atoms with Crippen molar-refractivity contribution in [2.45, 2.75) is 26.8 Å². The highest BCUT2D eigenvalue weighted by Gasteiger charge is 2.39. The van der Waals surface area contributed by atoms with Gasteiger partial charge in [-0.3, -0.25) is 14.4 Å². The smallest absolute Gasteiger partial charge is 0.310 e. The molecule has 1 rings (SSSR count). The number of carboxylic acid groups (broad SMARTS) is 1. The van der Waals surface area contributed by atoms with Gasteiger partial charge in [-0.15, -0.1) is 0 Å². The summed E-state index contributed by atoms with van der Waals surface area (Å²) in [5.41, 5.74) is 0. The number of rotatable bonds is 4. The van der Waals surface area contributed by atoms with Gasteiger partial charge in [-0.25, -0.2) is 0 Å².